The second-order valence-electron chi connectivity index (χ2n) is 4.59. The normalized spacial score (nSPS) is 15.2. The summed E-state index contributed by atoms with van der Waals surface area (Å²) in [4.78, 5) is 11.3. The summed E-state index contributed by atoms with van der Waals surface area (Å²) in [5.74, 6) is 0. The average Bonchev–Trinajstić information content (AvgIpc) is 2.85. The molecule has 0 spiro atoms. The van der Waals surface area contributed by atoms with Crippen LogP contribution in [-0.2, 0) is 21.4 Å². The van der Waals surface area contributed by atoms with Gasteiger partial charge in [-0.2, -0.15) is 12.7 Å². The van der Waals surface area contributed by atoms with Gasteiger partial charge in [0.15, 0.2) is 0 Å². The van der Waals surface area contributed by atoms with Crippen LogP contribution in [0.4, 0.5) is 10.5 Å². The first-order chi connectivity index (χ1) is 9.53. The summed E-state index contributed by atoms with van der Waals surface area (Å²) >= 11 is 0. The highest BCUT2D eigenvalue weighted by Crippen LogP contribution is 2.16. The van der Waals surface area contributed by atoms with Crippen molar-refractivity contribution in [3.05, 3.63) is 29.8 Å². The van der Waals surface area contributed by atoms with Crippen LogP contribution in [0, 0.1) is 0 Å². The molecule has 0 aliphatic carbocycles. The van der Waals surface area contributed by atoms with Crippen LogP contribution in [0.15, 0.2) is 24.3 Å². The van der Waals surface area contributed by atoms with Crippen LogP contribution in [0.1, 0.15) is 25.3 Å². The number of carbonyl (C=O) groups excluding carboxylic acids is 1. The summed E-state index contributed by atoms with van der Waals surface area (Å²) in [7, 11) is -3.88. The predicted octanol–water partition coefficient (Wildman–Crippen LogP) is 2.14. The van der Waals surface area contributed by atoms with E-state index in [1.54, 1.807) is 12.1 Å². The maximum Gasteiger partial charge on any atom is 0.425 e. The molecule has 0 saturated carbocycles. The van der Waals surface area contributed by atoms with E-state index >= 15 is 0 Å². The Bertz CT molecular complexity index is 569. The third kappa shape index (κ3) is 3.41. The van der Waals surface area contributed by atoms with Gasteiger partial charge in [-0.25, -0.2) is 4.79 Å². The van der Waals surface area contributed by atoms with E-state index in [1.807, 2.05) is 12.1 Å². The molecule has 0 bridgehead atoms. The van der Waals surface area contributed by atoms with Gasteiger partial charge < -0.3 is 4.74 Å². The molecule has 0 aromatic heterocycles. The zero-order chi connectivity index (χ0) is 14.6. The van der Waals surface area contributed by atoms with Crippen LogP contribution in [0.5, 0.6) is 0 Å². The Morgan fingerprint density at radius 2 is 2.00 bits per heavy atom. The molecule has 20 heavy (non-hydrogen) atoms. The van der Waals surface area contributed by atoms with E-state index in [2.05, 4.69) is 16.4 Å². The minimum absolute atomic E-state index is 0.0444. The zero-order valence-electron chi connectivity index (χ0n) is 11.3. The Labute approximate surface area is 118 Å². The highest BCUT2D eigenvalue weighted by atomic mass is 32.2. The number of aryl methyl sites for hydroxylation is 1. The minimum Gasteiger partial charge on any atom is -0.447 e. The maximum absolute atomic E-state index is 12.0. The van der Waals surface area contributed by atoms with Crippen LogP contribution < -0.4 is 4.72 Å². The number of hydrogen-bond donors (Lipinski definition) is 1. The molecule has 1 amide bonds. The molecule has 2 rings (SSSR count). The summed E-state index contributed by atoms with van der Waals surface area (Å²) in [6, 6.07) is 7.17. The van der Waals surface area contributed by atoms with Crippen LogP contribution in [0.25, 0.3) is 0 Å². The quantitative estimate of drug-likeness (QED) is 0.873. The molecule has 1 fully saturated rings. The van der Waals surface area contributed by atoms with Crippen LogP contribution in [0.2, 0.25) is 0 Å². The largest absolute Gasteiger partial charge is 0.447 e. The van der Waals surface area contributed by atoms with E-state index in [0.29, 0.717) is 9.99 Å². The van der Waals surface area contributed by atoms with Crippen molar-refractivity contribution in [1.29, 1.82) is 0 Å². The van der Waals surface area contributed by atoms with Gasteiger partial charge in [-0.15, -0.1) is 0 Å². The lowest BCUT2D eigenvalue weighted by molar-refractivity contribution is 0.170. The van der Waals surface area contributed by atoms with Gasteiger partial charge >= 0.3 is 16.3 Å². The van der Waals surface area contributed by atoms with E-state index in [4.69, 9.17) is 0 Å². The van der Waals surface area contributed by atoms with E-state index in [-0.39, 0.29) is 13.2 Å². The van der Waals surface area contributed by atoms with E-state index in [9.17, 15) is 13.2 Å². The zero-order valence-corrected chi connectivity index (χ0v) is 12.1. The fraction of sp³-hybridized carbons (Fsp3) is 0.462. The molecule has 1 N–H and O–H groups in total. The highest BCUT2D eigenvalue weighted by Gasteiger charge is 2.33. The number of cyclic esters (lactones) is 1. The Hall–Kier alpha value is -1.76. The number of rotatable bonds is 6. The highest BCUT2D eigenvalue weighted by molar-refractivity contribution is 7.90. The van der Waals surface area contributed by atoms with Crippen molar-refractivity contribution >= 4 is 22.0 Å². The molecule has 1 aliphatic rings. The maximum atomic E-state index is 12.0. The Morgan fingerprint density at radius 3 is 2.55 bits per heavy atom. The molecule has 7 heteroatoms. The summed E-state index contributed by atoms with van der Waals surface area (Å²) in [5.41, 5.74) is 1.60. The number of carbonyl (C=O) groups is 1. The van der Waals surface area contributed by atoms with Crippen molar-refractivity contribution in [1.82, 2.24) is 4.31 Å². The first kappa shape index (κ1) is 14.6. The molecule has 1 aromatic carbocycles. The van der Waals surface area contributed by atoms with Gasteiger partial charge in [0.2, 0.25) is 0 Å². The first-order valence-electron chi connectivity index (χ1n) is 6.59. The third-order valence-corrected chi connectivity index (χ3v) is 4.44. The van der Waals surface area contributed by atoms with Crippen LogP contribution in [0.3, 0.4) is 0 Å². The van der Waals surface area contributed by atoms with Crippen molar-refractivity contribution < 1.29 is 17.9 Å². The number of nitrogens with zero attached hydrogens (tertiary/aromatic N) is 1. The molecule has 1 aliphatic heterocycles. The average molecular weight is 298 g/mol. The van der Waals surface area contributed by atoms with E-state index < -0.39 is 16.3 Å². The summed E-state index contributed by atoms with van der Waals surface area (Å²) in [6.45, 7) is 2.26. The second-order valence-corrected chi connectivity index (χ2v) is 6.19. The van der Waals surface area contributed by atoms with E-state index in [1.165, 1.54) is 0 Å². The number of ether oxygens (including phenoxy) is 1. The van der Waals surface area contributed by atoms with Crippen molar-refractivity contribution in [2.45, 2.75) is 26.2 Å². The monoisotopic (exact) mass is 298 g/mol. The Morgan fingerprint density at radius 1 is 1.30 bits per heavy atom. The third-order valence-electron chi connectivity index (χ3n) is 3.03. The van der Waals surface area contributed by atoms with Gasteiger partial charge in [-0.1, -0.05) is 25.5 Å². The fourth-order valence-corrected chi connectivity index (χ4v) is 3.03. The predicted molar refractivity (Wildman–Crippen MR) is 75.7 cm³/mol. The molecule has 0 atom stereocenters. The van der Waals surface area contributed by atoms with Crippen molar-refractivity contribution in [3.8, 4) is 0 Å². The van der Waals surface area contributed by atoms with Crippen LogP contribution in [-0.4, -0.2) is 32.0 Å². The Kier molecular flexibility index (Phi) is 4.49. The number of nitrogens with one attached hydrogen (secondary N) is 1. The van der Waals surface area contributed by atoms with Gasteiger partial charge in [0.25, 0.3) is 0 Å². The van der Waals surface area contributed by atoms with Gasteiger partial charge in [0, 0.05) is 0 Å². The molecular formula is C13H18N2O4S. The molecule has 1 aromatic rings. The summed E-state index contributed by atoms with van der Waals surface area (Å²) in [6.07, 6.45) is 2.36. The second kappa shape index (κ2) is 6.13. The molecule has 6 nitrogen and oxygen atoms in total. The topological polar surface area (TPSA) is 75.7 Å². The van der Waals surface area contributed by atoms with Crippen molar-refractivity contribution in [2.75, 3.05) is 17.9 Å². The number of hydrogen-bond acceptors (Lipinski definition) is 4. The lowest BCUT2D eigenvalue weighted by Gasteiger charge is -2.15. The van der Waals surface area contributed by atoms with Gasteiger partial charge in [-0.3, -0.25) is 4.72 Å². The van der Waals surface area contributed by atoms with E-state index in [0.717, 1.165) is 24.8 Å². The molecule has 1 saturated heterocycles. The standard InChI is InChI=1S/C13H18N2O4S/c1-2-3-4-11-5-7-12(8-6-11)14-20(17,18)15-9-10-19-13(15)16/h5-8,14H,2-4,9-10H2,1H3. The van der Waals surface area contributed by atoms with Crippen LogP contribution >= 0.6 is 0 Å². The molecule has 0 radical (unpaired) electrons. The number of unbranched alkanes of at least 4 members (excludes halogenated alkanes) is 1. The summed E-state index contributed by atoms with van der Waals surface area (Å²) in [5, 5.41) is 0. The summed E-state index contributed by atoms with van der Waals surface area (Å²) < 4.78 is 31.7. The smallest absolute Gasteiger partial charge is 0.425 e. The van der Waals surface area contributed by atoms with Gasteiger partial charge in [-0.05, 0) is 30.5 Å². The fourth-order valence-electron chi connectivity index (χ4n) is 1.92. The minimum atomic E-state index is -3.88. The number of anilines is 1. The molecular weight excluding hydrogens is 280 g/mol. The number of amides is 1. The van der Waals surface area contributed by atoms with Gasteiger partial charge in [0.1, 0.15) is 6.61 Å². The molecule has 110 valence electrons. The van der Waals surface area contributed by atoms with Crippen molar-refractivity contribution in [2.24, 2.45) is 0 Å². The first-order valence-corrected chi connectivity index (χ1v) is 8.03. The molecule has 0 unspecified atom stereocenters. The number of benzene rings is 1. The van der Waals surface area contributed by atoms with Crippen molar-refractivity contribution in [3.63, 3.8) is 0 Å². The van der Waals surface area contributed by atoms with Gasteiger partial charge in [0.05, 0.1) is 12.2 Å². The molecule has 1 heterocycles. The Balaban J connectivity index is 2.04. The SMILES string of the molecule is CCCCc1ccc(NS(=O)(=O)N2CCOC2=O)cc1. The lowest BCUT2D eigenvalue weighted by Crippen LogP contribution is -2.36. The lowest BCUT2D eigenvalue weighted by atomic mass is 10.1.